The van der Waals surface area contributed by atoms with Gasteiger partial charge in [-0.15, -0.1) is 0 Å². The standard InChI is InChI=1S/C14H20N4O2/c1-9-5-17-11(6-16-9)7-18-14(19)12-4-10-2-3-15-8-13(10)20-12/h5-6,10,12-13,15H,2-4,7-8H2,1H3,(H,18,19)/t10-,12-,13+/m0/s1. The number of hydrogen-bond donors (Lipinski definition) is 2. The van der Waals surface area contributed by atoms with Crippen LogP contribution in [0, 0.1) is 12.8 Å². The van der Waals surface area contributed by atoms with Gasteiger partial charge in [-0.1, -0.05) is 0 Å². The third kappa shape index (κ3) is 2.96. The zero-order chi connectivity index (χ0) is 13.9. The molecule has 108 valence electrons. The molecule has 20 heavy (non-hydrogen) atoms. The number of fused-ring (bicyclic) bond motifs is 1. The molecule has 1 aromatic rings. The van der Waals surface area contributed by atoms with Gasteiger partial charge in [0.1, 0.15) is 6.10 Å². The fourth-order valence-corrected chi connectivity index (χ4v) is 2.83. The van der Waals surface area contributed by atoms with Gasteiger partial charge in [-0.3, -0.25) is 14.8 Å². The molecule has 2 N–H and O–H groups in total. The fourth-order valence-electron chi connectivity index (χ4n) is 2.83. The van der Waals surface area contributed by atoms with Crippen LogP contribution in [0.15, 0.2) is 12.4 Å². The number of rotatable bonds is 3. The number of amides is 1. The van der Waals surface area contributed by atoms with Gasteiger partial charge in [-0.05, 0) is 32.2 Å². The maximum Gasteiger partial charge on any atom is 0.249 e. The van der Waals surface area contributed by atoms with E-state index in [-0.39, 0.29) is 18.1 Å². The highest BCUT2D eigenvalue weighted by Gasteiger charge is 2.39. The summed E-state index contributed by atoms with van der Waals surface area (Å²) in [5.74, 6) is 0.480. The molecule has 3 atom stereocenters. The normalized spacial score (nSPS) is 28.9. The van der Waals surface area contributed by atoms with Crippen LogP contribution in [-0.4, -0.2) is 41.2 Å². The summed E-state index contributed by atoms with van der Waals surface area (Å²) < 4.78 is 5.82. The summed E-state index contributed by atoms with van der Waals surface area (Å²) in [6, 6.07) is 0. The number of nitrogens with zero attached hydrogens (tertiary/aromatic N) is 2. The van der Waals surface area contributed by atoms with Gasteiger partial charge in [0.05, 0.1) is 30.2 Å². The van der Waals surface area contributed by atoms with E-state index in [1.165, 1.54) is 0 Å². The fraction of sp³-hybridized carbons (Fsp3) is 0.643. The predicted molar refractivity (Wildman–Crippen MR) is 72.9 cm³/mol. The molecular weight excluding hydrogens is 256 g/mol. The van der Waals surface area contributed by atoms with Gasteiger partial charge in [0.2, 0.25) is 5.91 Å². The summed E-state index contributed by atoms with van der Waals surface area (Å²) >= 11 is 0. The first-order valence-electron chi connectivity index (χ1n) is 7.14. The first-order chi connectivity index (χ1) is 9.72. The van der Waals surface area contributed by atoms with E-state index in [9.17, 15) is 4.79 Å². The molecule has 0 radical (unpaired) electrons. The zero-order valence-electron chi connectivity index (χ0n) is 11.6. The monoisotopic (exact) mass is 276 g/mol. The van der Waals surface area contributed by atoms with E-state index >= 15 is 0 Å². The Balaban J connectivity index is 1.51. The summed E-state index contributed by atoms with van der Waals surface area (Å²) in [7, 11) is 0. The molecule has 6 heteroatoms. The largest absolute Gasteiger partial charge is 0.364 e. The Morgan fingerprint density at radius 2 is 2.40 bits per heavy atom. The lowest BCUT2D eigenvalue weighted by molar-refractivity contribution is -0.132. The summed E-state index contributed by atoms with van der Waals surface area (Å²) in [4.78, 5) is 20.5. The van der Waals surface area contributed by atoms with Gasteiger partial charge in [-0.25, -0.2) is 0 Å². The van der Waals surface area contributed by atoms with Gasteiger partial charge < -0.3 is 15.4 Å². The van der Waals surface area contributed by atoms with Gasteiger partial charge in [-0.2, -0.15) is 0 Å². The maximum atomic E-state index is 12.1. The summed E-state index contributed by atoms with van der Waals surface area (Å²) in [6.07, 6.45) is 5.19. The second-order valence-corrected chi connectivity index (χ2v) is 5.52. The molecule has 3 heterocycles. The number of carbonyl (C=O) groups excluding carboxylic acids is 1. The van der Waals surface area contributed by atoms with Crippen molar-refractivity contribution in [1.29, 1.82) is 0 Å². The van der Waals surface area contributed by atoms with E-state index in [1.54, 1.807) is 12.4 Å². The number of carbonyl (C=O) groups is 1. The minimum Gasteiger partial charge on any atom is -0.364 e. The molecule has 6 nitrogen and oxygen atoms in total. The van der Waals surface area contributed by atoms with Crippen LogP contribution < -0.4 is 10.6 Å². The Kier molecular flexibility index (Phi) is 3.93. The lowest BCUT2D eigenvalue weighted by Crippen LogP contribution is -2.39. The highest BCUT2D eigenvalue weighted by molar-refractivity contribution is 5.81. The van der Waals surface area contributed by atoms with E-state index in [0.29, 0.717) is 12.5 Å². The number of aryl methyl sites for hydroxylation is 1. The lowest BCUT2D eigenvalue weighted by Gasteiger charge is -2.24. The molecule has 0 bridgehead atoms. The minimum atomic E-state index is -0.316. The van der Waals surface area contributed by atoms with Gasteiger partial charge in [0.25, 0.3) is 0 Å². The minimum absolute atomic E-state index is 0.0400. The number of aromatic nitrogens is 2. The highest BCUT2D eigenvalue weighted by Crippen LogP contribution is 2.30. The van der Waals surface area contributed by atoms with Gasteiger partial charge in [0.15, 0.2) is 0 Å². The SMILES string of the molecule is Cc1cnc(CNC(=O)[C@@H]2C[C@@H]3CCNC[C@H]3O2)cn1. The van der Waals surface area contributed by atoms with Crippen molar-refractivity contribution < 1.29 is 9.53 Å². The Labute approximate surface area is 118 Å². The molecular formula is C14H20N4O2. The van der Waals surface area contributed by atoms with Crippen molar-refractivity contribution in [2.45, 2.75) is 38.5 Å². The zero-order valence-corrected chi connectivity index (χ0v) is 11.6. The molecule has 2 aliphatic rings. The van der Waals surface area contributed by atoms with Crippen molar-refractivity contribution in [3.63, 3.8) is 0 Å². The predicted octanol–water partition coefficient (Wildman–Crippen LogP) is 0.168. The van der Waals surface area contributed by atoms with Crippen LogP contribution in [0.2, 0.25) is 0 Å². The average molecular weight is 276 g/mol. The van der Waals surface area contributed by atoms with Crippen molar-refractivity contribution in [3.8, 4) is 0 Å². The van der Waals surface area contributed by atoms with E-state index in [2.05, 4.69) is 20.6 Å². The van der Waals surface area contributed by atoms with E-state index < -0.39 is 0 Å². The van der Waals surface area contributed by atoms with Crippen LogP contribution in [0.1, 0.15) is 24.2 Å². The van der Waals surface area contributed by atoms with Crippen LogP contribution in [0.4, 0.5) is 0 Å². The van der Waals surface area contributed by atoms with Crippen molar-refractivity contribution in [3.05, 3.63) is 23.8 Å². The molecule has 0 unspecified atom stereocenters. The molecule has 1 amide bonds. The first-order valence-corrected chi connectivity index (χ1v) is 7.14. The second-order valence-electron chi connectivity index (χ2n) is 5.52. The Bertz CT molecular complexity index is 463. The number of ether oxygens (including phenoxy) is 1. The molecule has 0 saturated carbocycles. The molecule has 1 aromatic heterocycles. The molecule has 2 fully saturated rings. The van der Waals surface area contributed by atoms with E-state index in [4.69, 9.17) is 4.74 Å². The van der Waals surface area contributed by atoms with Crippen molar-refractivity contribution in [2.75, 3.05) is 13.1 Å². The maximum absolute atomic E-state index is 12.1. The molecule has 0 aromatic carbocycles. The number of nitrogens with one attached hydrogen (secondary N) is 2. The van der Waals surface area contributed by atoms with Crippen LogP contribution in [0.5, 0.6) is 0 Å². The third-order valence-electron chi connectivity index (χ3n) is 3.99. The highest BCUT2D eigenvalue weighted by atomic mass is 16.5. The smallest absolute Gasteiger partial charge is 0.249 e. The molecule has 2 saturated heterocycles. The van der Waals surface area contributed by atoms with Crippen LogP contribution in [0.25, 0.3) is 0 Å². The molecule has 0 spiro atoms. The average Bonchev–Trinajstić information content (AvgIpc) is 2.90. The Hall–Kier alpha value is -1.53. The summed E-state index contributed by atoms with van der Waals surface area (Å²) in [5.41, 5.74) is 1.64. The number of hydrogen-bond acceptors (Lipinski definition) is 5. The van der Waals surface area contributed by atoms with Gasteiger partial charge >= 0.3 is 0 Å². The van der Waals surface area contributed by atoms with Gasteiger partial charge in [0, 0.05) is 12.7 Å². The quantitative estimate of drug-likeness (QED) is 0.823. The topological polar surface area (TPSA) is 76.1 Å². The van der Waals surface area contributed by atoms with Crippen molar-refractivity contribution >= 4 is 5.91 Å². The molecule has 3 rings (SSSR count). The van der Waals surface area contributed by atoms with Crippen molar-refractivity contribution in [2.24, 2.45) is 5.92 Å². The molecule has 0 aliphatic carbocycles. The van der Waals surface area contributed by atoms with Crippen molar-refractivity contribution in [1.82, 2.24) is 20.6 Å². The van der Waals surface area contributed by atoms with Crippen LogP contribution in [0.3, 0.4) is 0 Å². The van der Waals surface area contributed by atoms with E-state index in [1.807, 2.05) is 6.92 Å². The number of piperidine rings is 1. The summed E-state index contributed by atoms with van der Waals surface area (Å²) in [6.45, 7) is 4.17. The summed E-state index contributed by atoms with van der Waals surface area (Å²) in [5, 5.41) is 6.19. The lowest BCUT2D eigenvalue weighted by atomic mass is 9.93. The second kappa shape index (κ2) is 5.85. The van der Waals surface area contributed by atoms with Crippen LogP contribution >= 0.6 is 0 Å². The molecule has 2 aliphatic heterocycles. The third-order valence-corrected chi connectivity index (χ3v) is 3.99. The Morgan fingerprint density at radius 3 is 3.15 bits per heavy atom. The van der Waals surface area contributed by atoms with E-state index in [0.717, 1.165) is 37.3 Å². The Morgan fingerprint density at radius 1 is 1.50 bits per heavy atom. The van der Waals surface area contributed by atoms with Crippen LogP contribution in [-0.2, 0) is 16.1 Å². The first kappa shape index (κ1) is 13.5.